The largest absolute Gasteiger partial charge is 0.490 e. The second-order valence-electron chi connectivity index (χ2n) is 8.93. The van der Waals surface area contributed by atoms with Gasteiger partial charge in [0, 0.05) is 26.6 Å². The first-order chi connectivity index (χ1) is 20.4. The molecule has 5 rings (SSSR count). The highest BCUT2D eigenvalue weighted by molar-refractivity contribution is 6.34. The van der Waals surface area contributed by atoms with Gasteiger partial charge in [-0.1, -0.05) is 53.5 Å². The zero-order valence-corrected chi connectivity index (χ0v) is 23.7. The highest BCUT2D eigenvalue weighted by atomic mass is 35.5. The number of amides is 1. The van der Waals surface area contributed by atoms with Gasteiger partial charge in [0.2, 0.25) is 0 Å². The third kappa shape index (κ3) is 5.98. The summed E-state index contributed by atoms with van der Waals surface area (Å²) in [5, 5.41) is 15.4. The lowest BCUT2D eigenvalue weighted by Crippen LogP contribution is -2.19. The molecule has 2 N–H and O–H groups in total. The molecule has 1 amide bonds. The first kappa shape index (κ1) is 28.4. The van der Waals surface area contributed by atoms with E-state index in [1.807, 2.05) is 12.1 Å². The number of hydrazone groups is 1. The fraction of sp³-hybridized carbons (Fsp3) is 0.0625. The van der Waals surface area contributed by atoms with Crippen LogP contribution < -0.4 is 14.9 Å². The van der Waals surface area contributed by atoms with Crippen molar-refractivity contribution in [2.24, 2.45) is 5.10 Å². The minimum absolute atomic E-state index is 0.206. The molecule has 0 saturated carbocycles. The maximum Gasteiger partial charge on any atom is 0.343 e. The van der Waals surface area contributed by atoms with Crippen LogP contribution in [0.2, 0.25) is 10.0 Å². The van der Waals surface area contributed by atoms with Crippen LogP contribution in [0.15, 0.2) is 90.0 Å². The lowest BCUT2D eigenvalue weighted by molar-refractivity contribution is 0.0728. The minimum atomic E-state index is -0.562. The lowest BCUT2D eigenvalue weighted by atomic mass is 10.0. The summed E-state index contributed by atoms with van der Waals surface area (Å²) in [6.07, 6.45) is 1.43. The molecule has 0 unspecified atom stereocenters. The molecule has 8 nitrogen and oxygen atoms in total. The number of benzene rings is 4. The van der Waals surface area contributed by atoms with E-state index in [-0.39, 0.29) is 11.4 Å². The zero-order valence-electron chi connectivity index (χ0n) is 22.2. The number of aromatic nitrogens is 1. The molecular formula is C32H22Cl2N4O4. The number of hydrogen-bond acceptors (Lipinski definition) is 6. The van der Waals surface area contributed by atoms with Crippen LogP contribution in [0.1, 0.15) is 38.9 Å². The summed E-state index contributed by atoms with van der Waals surface area (Å²) in [5.74, 6) is -0.530. The quantitative estimate of drug-likeness (QED) is 0.0837. The first-order valence-corrected chi connectivity index (χ1v) is 13.5. The fourth-order valence-corrected chi connectivity index (χ4v) is 4.70. The molecule has 0 aliphatic rings. The van der Waals surface area contributed by atoms with E-state index < -0.39 is 11.9 Å². The Labute approximate surface area is 251 Å². The topological polar surface area (TPSA) is 117 Å². The van der Waals surface area contributed by atoms with Crippen LogP contribution in [0, 0.1) is 11.3 Å². The number of halogens is 2. The van der Waals surface area contributed by atoms with E-state index in [1.54, 1.807) is 79.7 Å². The van der Waals surface area contributed by atoms with E-state index in [1.165, 1.54) is 6.21 Å². The van der Waals surface area contributed by atoms with Crippen LogP contribution in [-0.2, 0) is 0 Å². The summed E-state index contributed by atoms with van der Waals surface area (Å²) >= 11 is 12.4. The van der Waals surface area contributed by atoms with Crippen molar-refractivity contribution in [2.75, 3.05) is 6.61 Å². The van der Waals surface area contributed by atoms with E-state index in [0.717, 1.165) is 0 Å². The van der Waals surface area contributed by atoms with Crippen LogP contribution in [-0.4, -0.2) is 29.7 Å². The van der Waals surface area contributed by atoms with Gasteiger partial charge in [-0.3, -0.25) is 4.79 Å². The van der Waals surface area contributed by atoms with Gasteiger partial charge in [-0.15, -0.1) is 0 Å². The number of nitrogens with zero attached hydrogens (tertiary/aromatic N) is 2. The molecule has 0 aliphatic heterocycles. The number of carbonyl (C=O) groups excluding carboxylic acids is 2. The molecule has 5 aromatic rings. The fourth-order valence-electron chi connectivity index (χ4n) is 4.35. The van der Waals surface area contributed by atoms with Crippen molar-refractivity contribution in [1.29, 1.82) is 5.26 Å². The van der Waals surface area contributed by atoms with Gasteiger partial charge in [-0.05, 0) is 67.1 Å². The third-order valence-corrected chi connectivity index (χ3v) is 6.84. The second-order valence-corrected chi connectivity index (χ2v) is 9.77. The molecule has 0 bridgehead atoms. The van der Waals surface area contributed by atoms with E-state index in [4.69, 9.17) is 32.7 Å². The Morgan fingerprint density at radius 1 is 1.00 bits per heavy atom. The summed E-state index contributed by atoms with van der Waals surface area (Å²) in [6, 6.07) is 25.8. The summed E-state index contributed by atoms with van der Waals surface area (Å²) < 4.78 is 11.2. The number of carbonyl (C=O) groups is 2. The molecule has 0 atom stereocenters. The van der Waals surface area contributed by atoms with E-state index in [0.29, 0.717) is 61.1 Å². The normalized spacial score (nSPS) is 10.9. The van der Waals surface area contributed by atoms with Crippen molar-refractivity contribution in [3.05, 3.63) is 117 Å². The predicted molar refractivity (Wildman–Crippen MR) is 163 cm³/mol. The summed E-state index contributed by atoms with van der Waals surface area (Å²) in [5.41, 5.74) is 5.78. The van der Waals surface area contributed by atoms with Gasteiger partial charge in [0.05, 0.1) is 29.5 Å². The predicted octanol–water partition coefficient (Wildman–Crippen LogP) is 7.40. The molecule has 0 radical (unpaired) electrons. The molecule has 0 saturated heterocycles. The maximum absolute atomic E-state index is 13.3. The Balaban J connectivity index is 1.39. The summed E-state index contributed by atoms with van der Waals surface area (Å²) in [4.78, 5) is 29.0. The Bertz CT molecular complexity index is 1870. The number of esters is 1. The van der Waals surface area contributed by atoms with Crippen LogP contribution in [0.5, 0.6) is 11.5 Å². The number of nitrogens with one attached hydrogen (secondary N) is 2. The molecule has 10 heteroatoms. The number of rotatable bonds is 8. The second kappa shape index (κ2) is 12.6. The molecule has 1 aromatic heterocycles. The van der Waals surface area contributed by atoms with Gasteiger partial charge >= 0.3 is 5.97 Å². The monoisotopic (exact) mass is 596 g/mol. The van der Waals surface area contributed by atoms with E-state index in [9.17, 15) is 14.9 Å². The SMILES string of the molecule is CCOc1cc(C=NNC(=O)c2[nH]c3c(C#N)cccc3c2-c2ccccc2Cl)ccc1OC(=O)c1ccc(Cl)cc1. The van der Waals surface area contributed by atoms with Gasteiger partial charge in [0.25, 0.3) is 5.91 Å². The lowest BCUT2D eigenvalue weighted by Gasteiger charge is -2.11. The van der Waals surface area contributed by atoms with Crippen LogP contribution in [0.3, 0.4) is 0 Å². The standard InChI is InChI=1S/C32H22Cl2N4O4/c1-2-41-27-16-19(10-15-26(27)42-32(40)20-11-13-22(33)14-12-20)18-36-38-31(39)30-28(23-7-3-4-9-25(23)34)24-8-5-6-21(17-35)29(24)37-30/h3-16,18,37H,2H2,1H3,(H,38,39). The van der Waals surface area contributed by atoms with Gasteiger partial charge in [-0.2, -0.15) is 10.4 Å². The van der Waals surface area contributed by atoms with Crippen LogP contribution >= 0.6 is 23.2 Å². The molecule has 4 aromatic carbocycles. The van der Waals surface area contributed by atoms with Gasteiger partial charge in [-0.25, -0.2) is 10.2 Å². The molecule has 0 spiro atoms. The minimum Gasteiger partial charge on any atom is -0.490 e. The van der Waals surface area contributed by atoms with Crippen molar-refractivity contribution in [2.45, 2.75) is 6.92 Å². The van der Waals surface area contributed by atoms with Gasteiger partial charge < -0.3 is 14.5 Å². The summed E-state index contributed by atoms with van der Waals surface area (Å²) in [7, 11) is 0. The molecule has 0 aliphatic carbocycles. The number of H-pyrrole nitrogens is 1. The Hall–Kier alpha value is -5.10. The first-order valence-electron chi connectivity index (χ1n) is 12.8. The summed E-state index contributed by atoms with van der Waals surface area (Å²) in [6.45, 7) is 2.14. The Morgan fingerprint density at radius 2 is 1.79 bits per heavy atom. The smallest absolute Gasteiger partial charge is 0.343 e. The van der Waals surface area contributed by atoms with E-state index in [2.05, 4.69) is 21.6 Å². The molecule has 208 valence electrons. The van der Waals surface area contributed by atoms with Crippen molar-refractivity contribution < 1.29 is 19.1 Å². The average molecular weight is 597 g/mol. The average Bonchev–Trinajstić information content (AvgIpc) is 3.39. The Kier molecular flexibility index (Phi) is 8.53. The van der Waals surface area contributed by atoms with Crippen LogP contribution in [0.4, 0.5) is 0 Å². The van der Waals surface area contributed by atoms with Gasteiger partial charge in [0.1, 0.15) is 11.8 Å². The number of para-hydroxylation sites is 1. The van der Waals surface area contributed by atoms with Crippen molar-refractivity contribution in [3.63, 3.8) is 0 Å². The number of nitriles is 1. The Morgan fingerprint density at radius 3 is 2.52 bits per heavy atom. The van der Waals surface area contributed by atoms with Crippen molar-refractivity contribution >= 4 is 52.2 Å². The van der Waals surface area contributed by atoms with Crippen molar-refractivity contribution in [3.8, 4) is 28.7 Å². The highest BCUT2D eigenvalue weighted by Crippen LogP contribution is 2.37. The molecule has 1 heterocycles. The zero-order chi connectivity index (χ0) is 29.6. The number of hydrogen-bond donors (Lipinski definition) is 2. The third-order valence-electron chi connectivity index (χ3n) is 6.25. The molecule has 0 fully saturated rings. The number of aromatic amines is 1. The molecular weight excluding hydrogens is 575 g/mol. The number of ether oxygens (including phenoxy) is 2. The van der Waals surface area contributed by atoms with Crippen molar-refractivity contribution in [1.82, 2.24) is 10.4 Å². The highest BCUT2D eigenvalue weighted by Gasteiger charge is 2.22. The van der Waals surface area contributed by atoms with E-state index >= 15 is 0 Å². The van der Waals surface area contributed by atoms with Crippen LogP contribution in [0.25, 0.3) is 22.0 Å². The van der Waals surface area contributed by atoms with Gasteiger partial charge in [0.15, 0.2) is 11.5 Å². The maximum atomic E-state index is 13.3. The molecule has 42 heavy (non-hydrogen) atoms. The number of fused-ring (bicyclic) bond motifs is 1.